The van der Waals surface area contributed by atoms with Gasteiger partial charge >= 0.3 is 0 Å². The molecule has 0 aromatic carbocycles. The van der Waals surface area contributed by atoms with Crippen LogP contribution in [0.2, 0.25) is 0 Å². The van der Waals surface area contributed by atoms with E-state index < -0.39 is 6.10 Å². The van der Waals surface area contributed by atoms with Crippen molar-refractivity contribution < 1.29 is 9.94 Å². The molecule has 2 N–H and O–H groups in total. The Balaban J connectivity index is 1.53. The normalized spacial score (nSPS) is 17.0. The topological polar surface area (TPSA) is 53.8 Å². The quantitative estimate of drug-likeness (QED) is 0.439. The van der Waals surface area contributed by atoms with Gasteiger partial charge in [-0.1, -0.05) is 44.2 Å². The maximum absolute atomic E-state index is 9.95. The van der Waals surface area contributed by atoms with Crippen LogP contribution in [-0.4, -0.2) is 36.6 Å². The van der Waals surface area contributed by atoms with Crippen molar-refractivity contribution in [3.63, 3.8) is 0 Å². The first-order chi connectivity index (χ1) is 11.8. The monoisotopic (exact) mass is 352 g/mol. The van der Waals surface area contributed by atoms with E-state index >= 15 is 0 Å². The molecule has 2 rings (SSSR count). The van der Waals surface area contributed by atoms with E-state index in [-0.39, 0.29) is 6.61 Å². The van der Waals surface area contributed by atoms with Gasteiger partial charge in [0.2, 0.25) is 0 Å². The molecule has 4 nitrogen and oxygen atoms in total. The molecular weight excluding hydrogens is 320 g/mol. The predicted octanol–water partition coefficient (Wildman–Crippen LogP) is 4.12. The molecule has 0 bridgehead atoms. The summed E-state index contributed by atoms with van der Waals surface area (Å²) in [5, 5.41) is 19.6. The van der Waals surface area contributed by atoms with Gasteiger partial charge in [0.05, 0.1) is 5.71 Å². The number of hydrogen-bond acceptors (Lipinski definition) is 5. The highest BCUT2D eigenvalue weighted by atomic mass is 32.1. The van der Waals surface area contributed by atoms with Crippen molar-refractivity contribution in [1.82, 2.24) is 5.32 Å². The summed E-state index contributed by atoms with van der Waals surface area (Å²) in [6, 6.07) is 2.12. The maximum Gasteiger partial charge on any atom is 0.144 e. The molecule has 0 fully saturated rings. The molecule has 1 aromatic heterocycles. The summed E-state index contributed by atoms with van der Waals surface area (Å²) in [7, 11) is 0. The van der Waals surface area contributed by atoms with Crippen LogP contribution in [0.3, 0.4) is 0 Å². The van der Waals surface area contributed by atoms with Crippen LogP contribution in [-0.2, 0) is 11.3 Å². The van der Waals surface area contributed by atoms with Crippen molar-refractivity contribution in [3.8, 4) is 0 Å². The summed E-state index contributed by atoms with van der Waals surface area (Å²) in [5.74, 6) is 0. The number of oxime groups is 1. The molecule has 1 unspecified atom stereocenters. The lowest BCUT2D eigenvalue weighted by Gasteiger charge is -2.14. The SMILES string of the molecule is CCCCCCCCNCC(O)CO/N=C1\CCCc2sccc21. The standard InChI is InChI=1S/C19H32N2O2S/c1-2-3-4-5-6-7-12-20-14-16(22)15-23-21-18-9-8-10-19-17(18)11-13-24-19/h11,13,16,20,22H,2-10,12,14-15H2,1H3/b21-18+. The number of rotatable bonds is 12. The lowest BCUT2D eigenvalue weighted by Crippen LogP contribution is -2.30. The van der Waals surface area contributed by atoms with Gasteiger partial charge in [0.1, 0.15) is 12.7 Å². The molecule has 0 radical (unpaired) electrons. The number of nitrogens with zero attached hydrogens (tertiary/aromatic N) is 1. The Morgan fingerprint density at radius 1 is 1.25 bits per heavy atom. The van der Waals surface area contributed by atoms with E-state index in [4.69, 9.17) is 4.84 Å². The van der Waals surface area contributed by atoms with E-state index in [1.807, 2.05) is 0 Å². The first-order valence-electron chi connectivity index (χ1n) is 9.45. The number of nitrogens with one attached hydrogen (secondary N) is 1. The molecule has 136 valence electrons. The molecule has 0 amide bonds. The number of aryl methyl sites for hydroxylation is 1. The van der Waals surface area contributed by atoms with Crippen molar-refractivity contribution in [3.05, 3.63) is 21.9 Å². The van der Waals surface area contributed by atoms with Crippen LogP contribution in [0, 0.1) is 0 Å². The number of fused-ring (bicyclic) bond motifs is 1. The summed E-state index contributed by atoms with van der Waals surface area (Å²) in [6.45, 7) is 4.04. The molecule has 24 heavy (non-hydrogen) atoms. The van der Waals surface area contributed by atoms with Crippen LogP contribution in [0.4, 0.5) is 0 Å². The molecule has 5 heteroatoms. The van der Waals surface area contributed by atoms with Crippen molar-refractivity contribution in [2.75, 3.05) is 19.7 Å². The Morgan fingerprint density at radius 3 is 2.96 bits per heavy atom. The van der Waals surface area contributed by atoms with E-state index in [0.717, 1.165) is 31.5 Å². The van der Waals surface area contributed by atoms with E-state index in [1.54, 1.807) is 11.3 Å². The molecule has 0 aliphatic heterocycles. The zero-order chi connectivity index (χ0) is 17.0. The van der Waals surface area contributed by atoms with Crippen molar-refractivity contribution >= 4 is 17.0 Å². The van der Waals surface area contributed by atoms with Gasteiger partial charge in [0.15, 0.2) is 0 Å². The van der Waals surface area contributed by atoms with Gasteiger partial charge in [0.25, 0.3) is 0 Å². The molecule has 1 aliphatic carbocycles. The van der Waals surface area contributed by atoms with Crippen LogP contribution in [0.5, 0.6) is 0 Å². The molecule has 1 atom stereocenters. The first kappa shape index (κ1) is 19.4. The summed E-state index contributed by atoms with van der Waals surface area (Å²) >= 11 is 1.79. The highest BCUT2D eigenvalue weighted by Gasteiger charge is 2.17. The van der Waals surface area contributed by atoms with Gasteiger partial charge < -0.3 is 15.3 Å². The second-order valence-corrected chi connectivity index (χ2v) is 7.57. The number of aliphatic hydroxyl groups excluding tert-OH is 1. The smallest absolute Gasteiger partial charge is 0.144 e. The van der Waals surface area contributed by atoms with Crippen LogP contribution in [0.25, 0.3) is 0 Å². The fourth-order valence-electron chi connectivity index (χ4n) is 3.00. The van der Waals surface area contributed by atoms with Crippen LogP contribution < -0.4 is 5.32 Å². The fraction of sp³-hybridized carbons (Fsp3) is 0.737. The first-order valence-corrected chi connectivity index (χ1v) is 10.3. The van der Waals surface area contributed by atoms with E-state index in [2.05, 4.69) is 28.8 Å². The van der Waals surface area contributed by atoms with Crippen molar-refractivity contribution in [1.29, 1.82) is 0 Å². The average Bonchev–Trinajstić information content (AvgIpc) is 3.07. The van der Waals surface area contributed by atoms with E-state index in [0.29, 0.717) is 6.54 Å². The molecule has 1 aromatic rings. The molecule has 1 aliphatic rings. The second-order valence-electron chi connectivity index (χ2n) is 6.57. The zero-order valence-corrected chi connectivity index (χ0v) is 15.7. The Kier molecular flexibility index (Phi) is 9.39. The van der Waals surface area contributed by atoms with E-state index in [9.17, 15) is 5.11 Å². The Morgan fingerprint density at radius 2 is 2.08 bits per heavy atom. The van der Waals surface area contributed by atoms with Crippen LogP contribution >= 0.6 is 11.3 Å². The minimum Gasteiger partial charge on any atom is -0.393 e. The molecular formula is C19H32N2O2S. The maximum atomic E-state index is 9.95. The summed E-state index contributed by atoms with van der Waals surface area (Å²) in [5.41, 5.74) is 2.27. The lowest BCUT2D eigenvalue weighted by atomic mass is 9.97. The number of thiophene rings is 1. The van der Waals surface area contributed by atoms with Gasteiger partial charge in [-0.25, -0.2) is 0 Å². The Labute approximate surface area is 150 Å². The molecule has 0 saturated carbocycles. The minimum atomic E-state index is -0.500. The van der Waals surface area contributed by atoms with Gasteiger partial charge in [-0.15, -0.1) is 11.3 Å². The predicted molar refractivity (Wildman–Crippen MR) is 102 cm³/mol. The summed E-state index contributed by atoms with van der Waals surface area (Å²) in [6.07, 6.45) is 10.5. The highest BCUT2D eigenvalue weighted by Crippen LogP contribution is 2.26. The average molecular weight is 353 g/mol. The Hall–Kier alpha value is -0.910. The molecule has 1 heterocycles. The van der Waals surface area contributed by atoms with Crippen LogP contribution in [0.1, 0.15) is 68.7 Å². The minimum absolute atomic E-state index is 0.256. The van der Waals surface area contributed by atoms with Crippen LogP contribution in [0.15, 0.2) is 16.6 Å². The summed E-state index contributed by atoms with van der Waals surface area (Å²) < 4.78 is 0. The fourth-order valence-corrected chi connectivity index (χ4v) is 3.94. The Bertz CT molecular complexity index is 487. The van der Waals surface area contributed by atoms with Crippen molar-refractivity contribution in [2.24, 2.45) is 5.16 Å². The highest BCUT2D eigenvalue weighted by molar-refractivity contribution is 7.10. The number of hydrogen-bond donors (Lipinski definition) is 2. The summed E-state index contributed by atoms with van der Waals surface area (Å²) in [4.78, 5) is 6.79. The van der Waals surface area contributed by atoms with Crippen molar-refractivity contribution in [2.45, 2.75) is 70.8 Å². The number of unbranched alkanes of at least 4 members (excludes halogenated alkanes) is 5. The lowest BCUT2D eigenvalue weighted by molar-refractivity contribution is 0.0402. The van der Waals surface area contributed by atoms with Gasteiger partial charge in [-0.2, -0.15) is 0 Å². The molecule has 0 spiro atoms. The van der Waals surface area contributed by atoms with E-state index in [1.165, 1.54) is 49.0 Å². The third-order valence-electron chi connectivity index (χ3n) is 4.40. The number of aliphatic hydroxyl groups is 1. The molecule has 0 saturated heterocycles. The third kappa shape index (κ3) is 6.91. The van der Waals surface area contributed by atoms with Gasteiger partial charge in [-0.3, -0.25) is 0 Å². The zero-order valence-electron chi connectivity index (χ0n) is 14.9. The van der Waals surface area contributed by atoms with Gasteiger partial charge in [0, 0.05) is 17.0 Å². The largest absolute Gasteiger partial charge is 0.393 e. The van der Waals surface area contributed by atoms with Gasteiger partial charge in [-0.05, 0) is 43.7 Å². The second kappa shape index (κ2) is 11.6. The third-order valence-corrected chi connectivity index (χ3v) is 5.38.